The molecule has 7 heteroatoms. The Labute approximate surface area is 124 Å². The lowest BCUT2D eigenvalue weighted by Gasteiger charge is -1.93. The zero-order chi connectivity index (χ0) is 14.7. The standard InChI is InChI=1S/C14H11N5OS/c1-2-12-18-19-14(21-12)16-8-9(7-15)13-17-10-5-3-4-6-11(10)20-13/h3-6,8H,2H2,1H3,(H,16,19). The van der Waals surface area contributed by atoms with Crippen LogP contribution in [0.1, 0.15) is 17.8 Å². The Morgan fingerprint density at radius 2 is 2.29 bits per heavy atom. The van der Waals surface area contributed by atoms with Crippen molar-refractivity contribution in [2.24, 2.45) is 0 Å². The molecule has 3 rings (SSSR count). The lowest BCUT2D eigenvalue weighted by Crippen LogP contribution is -1.90. The van der Waals surface area contributed by atoms with E-state index in [4.69, 9.17) is 4.42 Å². The van der Waals surface area contributed by atoms with Crippen molar-refractivity contribution >= 4 is 33.1 Å². The van der Waals surface area contributed by atoms with Crippen molar-refractivity contribution in [3.8, 4) is 6.07 Å². The van der Waals surface area contributed by atoms with Gasteiger partial charge in [-0.25, -0.2) is 4.98 Å². The number of hydrogen-bond acceptors (Lipinski definition) is 7. The van der Waals surface area contributed by atoms with Crippen molar-refractivity contribution in [2.45, 2.75) is 13.3 Å². The Morgan fingerprint density at radius 1 is 1.43 bits per heavy atom. The average molecular weight is 297 g/mol. The summed E-state index contributed by atoms with van der Waals surface area (Å²) in [5, 5.41) is 21.8. The van der Waals surface area contributed by atoms with Gasteiger partial charge in [-0.2, -0.15) is 5.26 Å². The number of benzene rings is 1. The smallest absolute Gasteiger partial charge is 0.239 e. The largest absolute Gasteiger partial charge is 0.435 e. The predicted octanol–water partition coefficient (Wildman–Crippen LogP) is 3.22. The number of fused-ring (bicyclic) bond motifs is 1. The van der Waals surface area contributed by atoms with Crippen LogP contribution in [0.4, 0.5) is 5.13 Å². The Kier molecular flexibility index (Phi) is 3.62. The van der Waals surface area contributed by atoms with E-state index in [9.17, 15) is 5.26 Å². The van der Waals surface area contributed by atoms with Gasteiger partial charge < -0.3 is 9.73 Å². The molecule has 0 aliphatic heterocycles. The van der Waals surface area contributed by atoms with E-state index in [0.29, 0.717) is 16.3 Å². The van der Waals surface area contributed by atoms with Crippen molar-refractivity contribution in [3.63, 3.8) is 0 Å². The molecule has 0 atom stereocenters. The molecule has 21 heavy (non-hydrogen) atoms. The first-order valence-corrected chi connectivity index (χ1v) is 7.17. The average Bonchev–Trinajstić information content (AvgIpc) is 3.14. The van der Waals surface area contributed by atoms with Gasteiger partial charge in [-0.15, -0.1) is 10.2 Å². The number of allylic oxidation sites excluding steroid dienone is 1. The van der Waals surface area contributed by atoms with Gasteiger partial charge in [0.15, 0.2) is 5.58 Å². The number of oxazole rings is 1. The van der Waals surface area contributed by atoms with Crippen molar-refractivity contribution in [1.29, 1.82) is 5.26 Å². The van der Waals surface area contributed by atoms with E-state index in [1.54, 1.807) is 0 Å². The third kappa shape index (κ3) is 2.75. The molecule has 2 aromatic heterocycles. The highest BCUT2D eigenvalue weighted by Crippen LogP contribution is 2.21. The summed E-state index contributed by atoms with van der Waals surface area (Å²) in [5.41, 5.74) is 1.68. The molecule has 0 radical (unpaired) electrons. The zero-order valence-corrected chi connectivity index (χ0v) is 12.0. The van der Waals surface area contributed by atoms with Crippen molar-refractivity contribution in [1.82, 2.24) is 15.2 Å². The third-order valence-electron chi connectivity index (χ3n) is 2.75. The highest BCUT2D eigenvalue weighted by Gasteiger charge is 2.10. The second-order valence-corrected chi connectivity index (χ2v) is 5.22. The number of aromatic nitrogens is 3. The maximum atomic E-state index is 9.24. The summed E-state index contributed by atoms with van der Waals surface area (Å²) in [6.07, 6.45) is 2.37. The van der Waals surface area contributed by atoms with Crippen molar-refractivity contribution < 1.29 is 4.42 Å². The minimum atomic E-state index is 0.284. The summed E-state index contributed by atoms with van der Waals surface area (Å²) < 4.78 is 5.56. The Hall–Kier alpha value is -2.72. The molecule has 104 valence electrons. The van der Waals surface area contributed by atoms with Gasteiger partial charge in [0.25, 0.3) is 0 Å². The second kappa shape index (κ2) is 5.73. The predicted molar refractivity (Wildman–Crippen MR) is 80.5 cm³/mol. The molecule has 2 heterocycles. The van der Waals surface area contributed by atoms with Crippen LogP contribution in [0.15, 0.2) is 34.9 Å². The molecule has 0 spiro atoms. The van der Waals surface area contributed by atoms with E-state index in [1.807, 2.05) is 31.2 Å². The second-order valence-electron chi connectivity index (χ2n) is 4.16. The molecule has 1 N–H and O–H groups in total. The number of aryl methyl sites for hydroxylation is 1. The first-order valence-electron chi connectivity index (χ1n) is 6.35. The summed E-state index contributed by atoms with van der Waals surface area (Å²) in [5.74, 6) is 0.284. The molecular formula is C14H11N5OS. The van der Waals surface area contributed by atoms with E-state index in [2.05, 4.69) is 26.6 Å². The van der Waals surface area contributed by atoms with E-state index in [-0.39, 0.29) is 5.89 Å². The third-order valence-corrected chi connectivity index (χ3v) is 3.75. The van der Waals surface area contributed by atoms with E-state index < -0.39 is 0 Å². The van der Waals surface area contributed by atoms with Crippen LogP contribution in [0.25, 0.3) is 16.7 Å². The summed E-state index contributed by atoms with van der Waals surface area (Å²) in [6.45, 7) is 2.01. The topological polar surface area (TPSA) is 87.6 Å². The Balaban J connectivity index is 1.87. The quantitative estimate of drug-likeness (QED) is 0.744. The maximum absolute atomic E-state index is 9.24. The van der Waals surface area contributed by atoms with Gasteiger partial charge in [0, 0.05) is 6.20 Å². The van der Waals surface area contributed by atoms with Gasteiger partial charge in [-0.1, -0.05) is 30.4 Å². The highest BCUT2D eigenvalue weighted by molar-refractivity contribution is 7.15. The molecular weight excluding hydrogens is 286 g/mol. The number of hydrogen-bond donors (Lipinski definition) is 1. The molecule has 0 bridgehead atoms. The minimum absolute atomic E-state index is 0.284. The fourth-order valence-electron chi connectivity index (χ4n) is 1.72. The summed E-state index contributed by atoms with van der Waals surface area (Å²) >= 11 is 1.45. The molecule has 6 nitrogen and oxygen atoms in total. The lowest BCUT2D eigenvalue weighted by atomic mass is 10.3. The van der Waals surface area contributed by atoms with Crippen LogP contribution in [-0.2, 0) is 6.42 Å². The Bertz CT molecular complexity index is 809. The summed E-state index contributed by atoms with van der Waals surface area (Å²) in [4.78, 5) is 4.29. The van der Waals surface area contributed by atoms with Crippen LogP contribution in [0.5, 0.6) is 0 Å². The number of nitrogens with zero attached hydrogens (tertiary/aromatic N) is 4. The number of nitrogens with one attached hydrogen (secondary N) is 1. The number of anilines is 1. The zero-order valence-electron chi connectivity index (χ0n) is 11.2. The van der Waals surface area contributed by atoms with Crippen LogP contribution in [0, 0.1) is 11.3 Å². The summed E-state index contributed by atoms with van der Waals surface area (Å²) in [6, 6.07) is 9.45. The number of para-hydroxylation sites is 2. The van der Waals surface area contributed by atoms with Crippen molar-refractivity contribution in [2.75, 3.05) is 5.32 Å². The van der Waals surface area contributed by atoms with Crippen LogP contribution in [0.3, 0.4) is 0 Å². The van der Waals surface area contributed by atoms with Crippen LogP contribution < -0.4 is 5.32 Å². The molecule has 0 amide bonds. The molecule has 0 saturated carbocycles. The van der Waals surface area contributed by atoms with Gasteiger partial charge in [0.1, 0.15) is 22.2 Å². The van der Waals surface area contributed by atoms with Crippen LogP contribution in [0.2, 0.25) is 0 Å². The monoisotopic (exact) mass is 297 g/mol. The summed E-state index contributed by atoms with van der Waals surface area (Å²) in [7, 11) is 0. The minimum Gasteiger partial charge on any atom is -0.435 e. The number of rotatable bonds is 4. The molecule has 0 saturated heterocycles. The molecule has 3 aromatic rings. The fraction of sp³-hybridized carbons (Fsp3) is 0.143. The molecule has 0 fully saturated rings. The maximum Gasteiger partial charge on any atom is 0.239 e. The van der Waals surface area contributed by atoms with E-state index >= 15 is 0 Å². The highest BCUT2D eigenvalue weighted by atomic mass is 32.1. The Morgan fingerprint density at radius 3 is 3.00 bits per heavy atom. The molecule has 0 aliphatic carbocycles. The molecule has 1 aromatic carbocycles. The van der Waals surface area contributed by atoms with Crippen LogP contribution >= 0.6 is 11.3 Å². The van der Waals surface area contributed by atoms with E-state index in [0.717, 1.165) is 16.9 Å². The number of nitriles is 1. The van der Waals surface area contributed by atoms with Gasteiger partial charge in [0.2, 0.25) is 11.0 Å². The van der Waals surface area contributed by atoms with Crippen LogP contribution in [-0.4, -0.2) is 15.2 Å². The van der Waals surface area contributed by atoms with E-state index in [1.165, 1.54) is 17.5 Å². The molecule has 0 aliphatic rings. The van der Waals surface area contributed by atoms with Gasteiger partial charge in [0.05, 0.1) is 0 Å². The first-order chi connectivity index (χ1) is 10.3. The van der Waals surface area contributed by atoms with Gasteiger partial charge >= 0.3 is 0 Å². The lowest BCUT2D eigenvalue weighted by molar-refractivity contribution is 0.586. The van der Waals surface area contributed by atoms with Gasteiger partial charge in [-0.05, 0) is 18.6 Å². The first kappa shape index (κ1) is 13.3. The van der Waals surface area contributed by atoms with Gasteiger partial charge in [-0.3, -0.25) is 0 Å². The molecule has 0 unspecified atom stereocenters. The fourth-order valence-corrected chi connectivity index (χ4v) is 2.37. The normalized spacial score (nSPS) is 11.5. The van der Waals surface area contributed by atoms with Crippen molar-refractivity contribution in [3.05, 3.63) is 41.4 Å². The SMILES string of the molecule is CCc1nnc(NC=C(C#N)c2nc3ccccc3o2)s1.